The number of hydrogen-bond acceptors (Lipinski definition) is 4. The Morgan fingerprint density at radius 3 is 2.31 bits per heavy atom. The highest BCUT2D eigenvalue weighted by Gasteiger charge is 2.20. The van der Waals surface area contributed by atoms with Crippen molar-refractivity contribution in [3.63, 3.8) is 0 Å². The molecule has 4 nitrogen and oxygen atoms in total. The van der Waals surface area contributed by atoms with Gasteiger partial charge < -0.3 is 9.47 Å². The largest absolute Gasteiger partial charge is 0.493 e. The normalized spacial score (nSPS) is 12.6. The Bertz CT molecular complexity index is 340. The molecular formula is C12H20N2O2. The van der Waals surface area contributed by atoms with Crippen LogP contribution in [0.1, 0.15) is 25.5 Å². The SMILES string of the molecule is COc1cccc(C(NN)C(C)C)c1OC. The van der Waals surface area contributed by atoms with Crippen molar-refractivity contribution in [1.29, 1.82) is 0 Å². The van der Waals surface area contributed by atoms with E-state index in [4.69, 9.17) is 15.3 Å². The number of methoxy groups -OCH3 is 2. The third-order valence-electron chi connectivity index (χ3n) is 2.61. The fourth-order valence-corrected chi connectivity index (χ4v) is 1.80. The van der Waals surface area contributed by atoms with Crippen molar-refractivity contribution in [3.8, 4) is 11.5 Å². The number of nitrogens with two attached hydrogens (primary N) is 1. The number of benzene rings is 1. The van der Waals surface area contributed by atoms with Crippen LogP contribution in [-0.2, 0) is 0 Å². The maximum absolute atomic E-state index is 5.57. The van der Waals surface area contributed by atoms with Crippen LogP contribution in [0, 0.1) is 5.92 Å². The minimum absolute atomic E-state index is 0.0463. The first kappa shape index (κ1) is 12.8. The van der Waals surface area contributed by atoms with Gasteiger partial charge in [-0.2, -0.15) is 0 Å². The van der Waals surface area contributed by atoms with E-state index in [9.17, 15) is 0 Å². The average Bonchev–Trinajstić information content (AvgIpc) is 2.29. The first-order chi connectivity index (χ1) is 7.65. The highest BCUT2D eigenvalue weighted by molar-refractivity contribution is 5.48. The molecule has 4 heteroatoms. The molecule has 90 valence electrons. The van der Waals surface area contributed by atoms with Crippen molar-refractivity contribution in [1.82, 2.24) is 5.43 Å². The molecule has 0 saturated heterocycles. The molecule has 0 aromatic heterocycles. The van der Waals surface area contributed by atoms with Gasteiger partial charge in [-0.1, -0.05) is 26.0 Å². The average molecular weight is 224 g/mol. The summed E-state index contributed by atoms with van der Waals surface area (Å²) >= 11 is 0. The second kappa shape index (κ2) is 5.72. The van der Waals surface area contributed by atoms with Crippen LogP contribution in [0.2, 0.25) is 0 Å². The lowest BCUT2D eigenvalue weighted by Crippen LogP contribution is -2.31. The maximum Gasteiger partial charge on any atom is 0.165 e. The molecule has 0 heterocycles. The van der Waals surface area contributed by atoms with Gasteiger partial charge in [0, 0.05) is 5.56 Å². The Labute approximate surface area is 96.7 Å². The summed E-state index contributed by atoms with van der Waals surface area (Å²) in [6.45, 7) is 4.20. The van der Waals surface area contributed by atoms with Crippen molar-refractivity contribution in [2.45, 2.75) is 19.9 Å². The molecule has 0 fully saturated rings. The quantitative estimate of drug-likeness (QED) is 0.592. The third kappa shape index (κ3) is 2.46. The molecule has 1 aromatic carbocycles. The molecule has 0 aliphatic rings. The second-order valence-corrected chi connectivity index (χ2v) is 3.97. The molecule has 0 amide bonds. The van der Waals surface area contributed by atoms with Crippen LogP contribution in [0.5, 0.6) is 11.5 Å². The Balaban J connectivity index is 3.20. The van der Waals surface area contributed by atoms with E-state index in [0.717, 1.165) is 17.1 Å². The first-order valence-electron chi connectivity index (χ1n) is 5.32. The first-order valence-corrected chi connectivity index (χ1v) is 5.32. The smallest absolute Gasteiger partial charge is 0.165 e. The summed E-state index contributed by atoms with van der Waals surface area (Å²) < 4.78 is 10.6. The number of ether oxygens (including phenoxy) is 2. The van der Waals surface area contributed by atoms with Gasteiger partial charge in [0.2, 0.25) is 0 Å². The summed E-state index contributed by atoms with van der Waals surface area (Å²) in [5.41, 5.74) is 3.82. The molecule has 1 aromatic rings. The summed E-state index contributed by atoms with van der Waals surface area (Å²) in [6.07, 6.45) is 0. The Kier molecular flexibility index (Phi) is 4.58. The van der Waals surface area contributed by atoms with E-state index < -0.39 is 0 Å². The molecular weight excluding hydrogens is 204 g/mol. The molecule has 1 unspecified atom stereocenters. The van der Waals surface area contributed by atoms with Gasteiger partial charge in [0.25, 0.3) is 0 Å². The third-order valence-corrected chi connectivity index (χ3v) is 2.61. The number of nitrogens with one attached hydrogen (secondary N) is 1. The van der Waals surface area contributed by atoms with Crippen LogP contribution in [0.3, 0.4) is 0 Å². The summed E-state index contributed by atoms with van der Waals surface area (Å²) in [5.74, 6) is 7.40. The standard InChI is InChI=1S/C12H20N2O2/c1-8(2)11(14-13)9-6-5-7-10(15-3)12(9)16-4/h5-8,11,14H,13H2,1-4H3. The molecule has 0 spiro atoms. The Morgan fingerprint density at radius 2 is 1.88 bits per heavy atom. The summed E-state index contributed by atoms with van der Waals surface area (Å²) in [5, 5.41) is 0. The van der Waals surface area contributed by atoms with Gasteiger partial charge >= 0.3 is 0 Å². The van der Waals surface area contributed by atoms with Gasteiger partial charge in [-0.3, -0.25) is 11.3 Å². The Morgan fingerprint density at radius 1 is 1.19 bits per heavy atom. The zero-order valence-corrected chi connectivity index (χ0v) is 10.3. The lowest BCUT2D eigenvalue weighted by Gasteiger charge is -2.23. The van der Waals surface area contributed by atoms with Crippen LogP contribution >= 0.6 is 0 Å². The van der Waals surface area contributed by atoms with Gasteiger partial charge in [-0.25, -0.2) is 0 Å². The van der Waals surface area contributed by atoms with Gasteiger partial charge in [-0.15, -0.1) is 0 Å². The summed E-state index contributed by atoms with van der Waals surface area (Å²) in [6, 6.07) is 5.84. The van der Waals surface area contributed by atoms with Crippen molar-refractivity contribution < 1.29 is 9.47 Å². The topological polar surface area (TPSA) is 56.5 Å². The van der Waals surface area contributed by atoms with E-state index in [1.54, 1.807) is 14.2 Å². The van der Waals surface area contributed by atoms with Crippen LogP contribution < -0.4 is 20.7 Å². The summed E-state index contributed by atoms with van der Waals surface area (Å²) in [4.78, 5) is 0. The van der Waals surface area contributed by atoms with Crippen LogP contribution in [0.25, 0.3) is 0 Å². The van der Waals surface area contributed by atoms with E-state index in [0.29, 0.717) is 5.92 Å². The molecule has 0 aliphatic carbocycles. The Hall–Kier alpha value is -1.26. The van der Waals surface area contributed by atoms with E-state index in [1.807, 2.05) is 18.2 Å². The van der Waals surface area contributed by atoms with Gasteiger partial charge in [-0.05, 0) is 12.0 Å². The van der Waals surface area contributed by atoms with Gasteiger partial charge in [0.1, 0.15) is 0 Å². The predicted molar refractivity (Wildman–Crippen MR) is 64.4 cm³/mol. The highest BCUT2D eigenvalue weighted by atomic mass is 16.5. The van der Waals surface area contributed by atoms with Crippen LogP contribution in [0.4, 0.5) is 0 Å². The molecule has 3 N–H and O–H groups in total. The molecule has 1 atom stereocenters. The molecule has 16 heavy (non-hydrogen) atoms. The minimum Gasteiger partial charge on any atom is -0.493 e. The van der Waals surface area contributed by atoms with Gasteiger partial charge in [0.05, 0.1) is 20.3 Å². The van der Waals surface area contributed by atoms with Crippen molar-refractivity contribution >= 4 is 0 Å². The highest BCUT2D eigenvalue weighted by Crippen LogP contribution is 2.36. The lowest BCUT2D eigenvalue weighted by molar-refractivity contribution is 0.337. The van der Waals surface area contributed by atoms with E-state index in [1.165, 1.54) is 0 Å². The fourth-order valence-electron chi connectivity index (χ4n) is 1.80. The molecule has 0 bridgehead atoms. The molecule has 1 rings (SSSR count). The molecule has 0 aliphatic heterocycles. The monoisotopic (exact) mass is 224 g/mol. The number of hydrazine groups is 1. The van der Waals surface area contributed by atoms with E-state index in [2.05, 4.69) is 19.3 Å². The maximum atomic E-state index is 5.57. The van der Waals surface area contributed by atoms with Crippen molar-refractivity contribution in [2.75, 3.05) is 14.2 Å². The van der Waals surface area contributed by atoms with Gasteiger partial charge in [0.15, 0.2) is 11.5 Å². The zero-order chi connectivity index (χ0) is 12.1. The fraction of sp³-hybridized carbons (Fsp3) is 0.500. The number of rotatable bonds is 5. The predicted octanol–water partition coefficient (Wildman–Crippen LogP) is 1.86. The van der Waals surface area contributed by atoms with Crippen molar-refractivity contribution in [3.05, 3.63) is 23.8 Å². The molecule has 0 radical (unpaired) electrons. The lowest BCUT2D eigenvalue weighted by atomic mass is 9.95. The zero-order valence-electron chi connectivity index (χ0n) is 10.3. The van der Waals surface area contributed by atoms with E-state index in [-0.39, 0.29) is 6.04 Å². The number of para-hydroxylation sites is 1. The number of hydrogen-bond donors (Lipinski definition) is 2. The summed E-state index contributed by atoms with van der Waals surface area (Å²) in [7, 11) is 3.26. The second-order valence-electron chi connectivity index (χ2n) is 3.97. The van der Waals surface area contributed by atoms with Crippen molar-refractivity contribution in [2.24, 2.45) is 11.8 Å². The minimum atomic E-state index is 0.0463. The van der Waals surface area contributed by atoms with E-state index >= 15 is 0 Å². The van der Waals surface area contributed by atoms with Crippen LogP contribution in [-0.4, -0.2) is 14.2 Å². The van der Waals surface area contributed by atoms with Crippen LogP contribution in [0.15, 0.2) is 18.2 Å². The molecule has 0 saturated carbocycles.